The number of fused-ring (bicyclic) bond motifs is 2. The Morgan fingerprint density at radius 2 is 1.41 bits per heavy atom. The molecule has 5 aromatic carbocycles. The van der Waals surface area contributed by atoms with Gasteiger partial charge < -0.3 is 0 Å². The van der Waals surface area contributed by atoms with Crippen LogP contribution in [0.15, 0.2) is 115 Å². The summed E-state index contributed by atoms with van der Waals surface area (Å²) in [6.45, 7) is 13.9. The molecule has 54 heavy (non-hydrogen) atoms. The molecule has 1 aliphatic rings. The molecule has 3 heterocycles. The topological polar surface area (TPSA) is 35.0 Å². The third-order valence-electron chi connectivity index (χ3n) is 10.4. The molecule has 1 aliphatic heterocycles. The molecular formula is C48H46GeN2OPtSi. The van der Waals surface area contributed by atoms with E-state index in [2.05, 4.69) is 161 Å². The summed E-state index contributed by atoms with van der Waals surface area (Å²) in [6, 6.07) is 46.7. The van der Waals surface area contributed by atoms with Gasteiger partial charge in [0.15, 0.2) is 0 Å². The molecule has 272 valence electrons. The van der Waals surface area contributed by atoms with Crippen molar-refractivity contribution in [3.8, 4) is 67.5 Å². The van der Waals surface area contributed by atoms with E-state index in [9.17, 15) is 0 Å². The number of aromatic nitrogens is 2. The van der Waals surface area contributed by atoms with Gasteiger partial charge in [-0.15, -0.1) is 11.6 Å². The Balaban J connectivity index is 0.00000450. The molecule has 0 amide bonds. The first kappa shape index (κ1) is 38.2. The van der Waals surface area contributed by atoms with Gasteiger partial charge in [-0.2, -0.15) is 0 Å². The molecule has 6 heteroatoms. The van der Waals surface area contributed by atoms with Crippen molar-refractivity contribution in [1.82, 2.24) is 9.97 Å². The van der Waals surface area contributed by atoms with Crippen molar-refractivity contribution in [3.63, 3.8) is 0 Å². The average molecular weight is 963 g/mol. The molecule has 0 saturated heterocycles. The summed E-state index contributed by atoms with van der Waals surface area (Å²) in [5.74, 6) is 8.91. The van der Waals surface area contributed by atoms with Crippen molar-refractivity contribution < 1.29 is 25.8 Å². The van der Waals surface area contributed by atoms with Crippen LogP contribution in [0.1, 0.15) is 26.3 Å². The second-order valence-electron chi connectivity index (χ2n) is 17.4. The maximum absolute atomic E-state index is 6.72. The third-order valence-corrected chi connectivity index (χ3v) is 16.8. The molecule has 0 bridgehead atoms. The second kappa shape index (κ2) is 14.2. The van der Waals surface area contributed by atoms with E-state index in [0.717, 1.165) is 72.7 Å². The Bertz CT molecular complexity index is 2530. The van der Waals surface area contributed by atoms with Crippen molar-refractivity contribution in [2.75, 3.05) is 0 Å². The van der Waals surface area contributed by atoms with Gasteiger partial charge in [-0.1, -0.05) is 81.5 Å². The number of nitrogens with zero attached hydrogens (tertiary/aromatic N) is 2. The zero-order chi connectivity index (χ0) is 37.3. The van der Waals surface area contributed by atoms with Crippen LogP contribution in [-0.2, 0) is 26.5 Å². The molecule has 7 aromatic rings. The first-order valence-electron chi connectivity index (χ1n) is 18.6. The van der Waals surface area contributed by atoms with E-state index in [1.807, 2.05) is 24.4 Å². The van der Waals surface area contributed by atoms with E-state index in [1.54, 1.807) is 0 Å². The quantitative estimate of drug-likeness (QED) is 0.123. The molecular weight excluding hydrogens is 916 g/mol. The Morgan fingerprint density at radius 1 is 0.722 bits per heavy atom. The molecule has 0 N–H and O–H groups in total. The predicted molar refractivity (Wildman–Crippen MR) is 229 cm³/mol. The van der Waals surface area contributed by atoms with E-state index in [-0.39, 0.29) is 26.5 Å². The molecule has 0 fully saturated rings. The fraction of sp³-hybridized carbons (Fsp3) is 0.208. The summed E-state index contributed by atoms with van der Waals surface area (Å²) in [6.07, 6.45) is 1.91. The van der Waals surface area contributed by atoms with Gasteiger partial charge in [0.25, 0.3) is 0 Å². The van der Waals surface area contributed by atoms with Crippen LogP contribution in [0, 0.1) is 12.1 Å². The molecule has 0 saturated carbocycles. The van der Waals surface area contributed by atoms with Gasteiger partial charge in [0, 0.05) is 11.9 Å². The number of pyridine rings is 2. The summed E-state index contributed by atoms with van der Waals surface area (Å²) in [7, 11) is -1.38. The van der Waals surface area contributed by atoms with Crippen LogP contribution in [0.3, 0.4) is 0 Å². The van der Waals surface area contributed by atoms with Crippen LogP contribution >= 0.6 is 0 Å². The van der Waals surface area contributed by atoms with Crippen molar-refractivity contribution in [2.45, 2.75) is 63.1 Å². The standard InChI is InChI=1S/C48H46GeN2OSi.Pt/c1-48(2,3)37-27-35(42-29-33(24-25-50-42)31-16-21-39(22-17-31)53(7,8)9)26-36(28-37)43-30-34-18-23-40(32-14-19-38(20-15-32)49(4,5)6)47-45(34)46(51-43)41-12-10-11-13-44(41)52-47;/h10-11,13-25,27-30H,1-9H3;/q-2;+2. The maximum atomic E-state index is 6.72. The third kappa shape index (κ3) is 7.33. The van der Waals surface area contributed by atoms with Crippen LogP contribution in [0.25, 0.3) is 66.8 Å². The monoisotopic (exact) mass is 963 g/mol. The minimum Gasteiger partial charge on any atom is 2.00 e. The van der Waals surface area contributed by atoms with Gasteiger partial charge in [-0.3, -0.25) is 4.98 Å². The summed E-state index contributed by atoms with van der Waals surface area (Å²) in [4.78, 5) is 10.3. The van der Waals surface area contributed by atoms with Gasteiger partial charge in [0.05, 0.1) is 8.07 Å². The number of ether oxygens (including phenoxy) is 1. The molecule has 8 rings (SSSR count). The fourth-order valence-electron chi connectivity index (χ4n) is 7.12. The summed E-state index contributed by atoms with van der Waals surface area (Å²) in [5.41, 5.74) is 11.1. The van der Waals surface area contributed by atoms with Crippen molar-refractivity contribution in [2.24, 2.45) is 0 Å². The van der Waals surface area contributed by atoms with Crippen LogP contribution in [0.4, 0.5) is 0 Å². The molecule has 0 atom stereocenters. The number of hydrogen-bond acceptors (Lipinski definition) is 3. The number of benzene rings is 5. The zero-order valence-corrected chi connectivity index (χ0v) is 38.0. The first-order chi connectivity index (χ1) is 25.1. The zero-order valence-electron chi connectivity index (χ0n) is 32.6. The van der Waals surface area contributed by atoms with Gasteiger partial charge in [0.2, 0.25) is 0 Å². The fourth-order valence-corrected chi connectivity index (χ4v) is 10.7. The number of rotatable bonds is 6. The van der Waals surface area contributed by atoms with Crippen LogP contribution < -0.4 is 14.3 Å². The first-order valence-corrected chi connectivity index (χ1v) is 29.4. The van der Waals surface area contributed by atoms with E-state index in [0.29, 0.717) is 0 Å². The second-order valence-corrected chi connectivity index (χ2v) is 33.2. The molecule has 2 aromatic heterocycles. The van der Waals surface area contributed by atoms with Gasteiger partial charge in [-0.25, -0.2) is 0 Å². The van der Waals surface area contributed by atoms with Crippen LogP contribution in [-0.4, -0.2) is 31.3 Å². The molecule has 0 unspecified atom stereocenters. The van der Waals surface area contributed by atoms with Crippen LogP contribution in [0.2, 0.25) is 36.9 Å². The summed E-state index contributed by atoms with van der Waals surface area (Å²) in [5, 5.41) is 3.55. The van der Waals surface area contributed by atoms with E-state index >= 15 is 0 Å². The predicted octanol–water partition coefficient (Wildman–Crippen LogP) is 12.1. The Kier molecular flexibility index (Phi) is 10.0. The van der Waals surface area contributed by atoms with Gasteiger partial charge in [0.1, 0.15) is 0 Å². The normalized spacial score (nSPS) is 12.5. The minimum absolute atomic E-state index is 0. The Labute approximate surface area is 338 Å². The van der Waals surface area contributed by atoms with E-state index in [1.165, 1.54) is 20.7 Å². The molecule has 0 radical (unpaired) electrons. The molecule has 0 aliphatic carbocycles. The van der Waals surface area contributed by atoms with Crippen LogP contribution in [0.5, 0.6) is 11.5 Å². The smallest absolute Gasteiger partial charge is 2.00 e. The Hall–Kier alpha value is -4.09. The summed E-state index contributed by atoms with van der Waals surface area (Å²) < 4.78 is 8.20. The summed E-state index contributed by atoms with van der Waals surface area (Å²) >= 11 is -1.95. The minimum atomic E-state index is -1.95. The van der Waals surface area contributed by atoms with Gasteiger partial charge >= 0.3 is 200 Å². The molecule has 0 spiro atoms. The number of hydrogen-bond donors (Lipinski definition) is 0. The average Bonchev–Trinajstić information content (AvgIpc) is 3.14. The Morgan fingerprint density at radius 3 is 2.07 bits per heavy atom. The van der Waals surface area contributed by atoms with Crippen molar-refractivity contribution in [3.05, 3.63) is 133 Å². The SMILES string of the molecule is CC(C)(C)c1cc(-c2cc(-c3ccc([Si](C)(C)C)cc3)ccn2)[c-]c(-c2cc3ccc(-c4cc[c]([Ge]([CH3])([CH3])[CH3])cc4)c4c3c(n2)-c2[c-]cccc2O4)c1.[Pt+2]. The van der Waals surface area contributed by atoms with E-state index in [4.69, 9.17) is 14.7 Å². The van der Waals surface area contributed by atoms with E-state index < -0.39 is 21.3 Å². The van der Waals surface area contributed by atoms with Crippen molar-refractivity contribution >= 4 is 41.7 Å². The molecule has 3 nitrogen and oxygen atoms in total. The van der Waals surface area contributed by atoms with Crippen molar-refractivity contribution in [1.29, 1.82) is 0 Å². The van der Waals surface area contributed by atoms with Gasteiger partial charge in [-0.05, 0) is 22.6 Å².